The Balaban J connectivity index is 0.00000137. The quantitative estimate of drug-likeness (QED) is 0.683. The van der Waals surface area contributed by atoms with Gasteiger partial charge in [-0.3, -0.25) is 4.79 Å². The fourth-order valence-electron chi connectivity index (χ4n) is 2.14. The van der Waals surface area contributed by atoms with Gasteiger partial charge in [0.25, 0.3) is 0 Å². The molecule has 0 aliphatic heterocycles. The Kier molecular flexibility index (Phi) is 11.1. The zero-order valence-corrected chi connectivity index (χ0v) is 11.8. The maximum absolute atomic E-state index is 11.5. The highest BCUT2D eigenvalue weighted by molar-refractivity contribution is 5.76. The highest BCUT2D eigenvalue weighted by Gasteiger charge is 2.15. The Morgan fingerprint density at radius 2 is 1.89 bits per heavy atom. The van der Waals surface area contributed by atoms with Crippen molar-refractivity contribution < 1.29 is 15.0 Å². The minimum absolute atomic E-state index is 0.0806. The summed E-state index contributed by atoms with van der Waals surface area (Å²) in [7, 11) is 0. The van der Waals surface area contributed by atoms with Crippen molar-refractivity contribution >= 4 is 5.91 Å². The van der Waals surface area contributed by atoms with Crippen LogP contribution in [0, 0.1) is 0 Å². The summed E-state index contributed by atoms with van der Waals surface area (Å²) in [6.45, 7) is 3.78. The van der Waals surface area contributed by atoms with E-state index in [9.17, 15) is 4.79 Å². The van der Waals surface area contributed by atoms with Gasteiger partial charge in [-0.1, -0.05) is 33.1 Å². The van der Waals surface area contributed by atoms with Crippen LogP contribution < -0.4 is 5.32 Å². The van der Waals surface area contributed by atoms with E-state index < -0.39 is 6.10 Å². The lowest BCUT2D eigenvalue weighted by Crippen LogP contribution is -2.36. The van der Waals surface area contributed by atoms with Crippen LogP contribution in [0.5, 0.6) is 0 Å². The molecule has 1 amide bonds. The lowest BCUT2D eigenvalue weighted by Gasteiger charge is -2.22. The van der Waals surface area contributed by atoms with Gasteiger partial charge in [0.05, 0.1) is 12.7 Å². The summed E-state index contributed by atoms with van der Waals surface area (Å²) in [5, 5.41) is 20.7. The first-order chi connectivity index (χ1) is 8.72. The predicted octanol–water partition coefficient (Wildman–Crippen LogP) is 1.98. The first-order valence-corrected chi connectivity index (χ1v) is 7.30. The second-order valence-electron chi connectivity index (χ2n) is 4.63. The first-order valence-electron chi connectivity index (χ1n) is 7.30. The number of carbonyl (C=O) groups excluding carboxylic acids is 1. The Labute approximate surface area is 111 Å². The molecule has 108 valence electrons. The summed E-state index contributed by atoms with van der Waals surface area (Å²) in [6.07, 6.45) is 6.83. The molecular formula is C14H29NO3. The molecule has 0 spiro atoms. The van der Waals surface area contributed by atoms with E-state index in [0.29, 0.717) is 25.3 Å². The Hall–Kier alpha value is -0.610. The van der Waals surface area contributed by atoms with Crippen LogP contribution in [0.4, 0.5) is 0 Å². The summed E-state index contributed by atoms with van der Waals surface area (Å²) in [6, 6.07) is 0.365. The maximum Gasteiger partial charge on any atom is 0.220 e. The van der Waals surface area contributed by atoms with Gasteiger partial charge < -0.3 is 15.5 Å². The van der Waals surface area contributed by atoms with Crippen molar-refractivity contribution in [3.63, 3.8) is 0 Å². The van der Waals surface area contributed by atoms with Gasteiger partial charge in [-0.05, 0) is 25.7 Å². The number of hydrogen-bond donors (Lipinski definition) is 3. The fraction of sp³-hybridized carbons (Fsp3) is 0.929. The van der Waals surface area contributed by atoms with E-state index in [2.05, 4.69) is 5.32 Å². The maximum atomic E-state index is 11.5. The van der Waals surface area contributed by atoms with Crippen molar-refractivity contribution in [2.75, 3.05) is 6.61 Å². The molecule has 0 aromatic heterocycles. The number of aliphatic hydroxyl groups excluding tert-OH is 2. The third-order valence-corrected chi connectivity index (χ3v) is 3.12. The molecular weight excluding hydrogens is 230 g/mol. The number of carbonyl (C=O) groups is 1. The van der Waals surface area contributed by atoms with E-state index in [1.165, 1.54) is 19.3 Å². The molecule has 3 N–H and O–H groups in total. The standard InChI is InChI=1S/C12H23NO3.C2H6/c14-9-11(15)7-4-8-12(16)13-10-5-2-1-3-6-10;1-2/h10-11,14-15H,1-9H2,(H,13,16);1-2H3. The monoisotopic (exact) mass is 259 g/mol. The second kappa shape index (κ2) is 11.5. The normalized spacial score (nSPS) is 17.6. The number of hydrogen-bond acceptors (Lipinski definition) is 3. The van der Waals surface area contributed by atoms with Crippen LogP contribution in [0.2, 0.25) is 0 Å². The largest absolute Gasteiger partial charge is 0.394 e. The minimum atomic E-state index is -0.678. The molecule has 1 atom stereocenters. The number of amides is 1. The topological polar surface area (TPSA) is 69.6 Å². The molecule has 4 nitrogen and oxygen atoms in total. The summed E-state index contributed by atoms with van der Waals surface area (Å²) in [5.41, 5.74) is 0. The van der Waals surface area contributed by atoms with Gasteiger partial charge in [-0.15, -0.1) is 0 Å². The lowest BCUT2D eigenvalue weighted by atomic mass is 9.95. The summed E-state index contributed by atoms with van der Waals surface area (Å²) in [5.74, 6) is 0.0806. The molecule has 0 saturated heterocycles. The molecule has 1 unspecified atom stereocenters. The molecule has 18 heavy (non-hydrogen) atoms. The zero-order chi connectivity index (χ0) is 13.8. The van der Waals surface area contributed by atoms with E-state index in [1.807, 2.05) is 13.8 Å². The Morgan fingerprint density at radius 3 is 2.44 bits per heavy atom. The van der Waals surface area contributed by atoms with Gasteiger partial charge in [0.1, 0.15) is 0 Å². The van der Waals surface area contributed by atoms with E-state index in [-0.39, 0.29) is 12.5 Å². The van der Waals surface area contributed by atoms with Crippen molar-refractivity contribution in [3.8, 4) is 0 Å². The van der Waals surface area contributed by atoms with Crippen molar-refractivity contribution in [3.05, 3.63) is 0 Å². The Morgan fingerprint density at radius 1 is 1.28 bits per heavy atom. The third-order valence-electron chi connectivity index (χ3n) is 3.12. The number of aliphatic hydroxyl groups is 2. The van der Waals surface area contributed by atoms with Crippen LogP contribution in [0.1, 0.15) is 65.2 Å². The van der Waals surface area contributed by atoms with Crippen LogP contribution in [0.3, 0.4) is 0 Å². The SMILES string of the molecule is CC.O=C(CCCC(O)CO)NC1CCCCC1. The van der Waals surface area contributed by atoms with Crippen LogP contribution in [0.25, 0.3) is 0 Å². The van der Waals surface area contributed by atoms with Gasteiger partial charge in [0.15, 0.2) is 0 Å². The van der Waals surface area contributed by atoms with E-state index in [4.69, 9.17) is 10.2 Å². The fourth-order valence-corrected chi connectivity index (χ4v) is 2.14. The molecule has 1 saturated carbocycles. The van der Waals surface area contributed by atoms with Crippen molar-refractivity contribution in [1.29, 1.82) is 0 Å². The number of nitrogens with one attached hydrogen (secondary N) is 1. The van der Waals surface area contributed by atoms with Gasteiger partial charge in [0.2, 0.25) is 5.91 Å². The van der Waals surface area contributed by atoms with E-state index in [1.54, 1.807) is 0 Å². The zero-order valence-electron chi connectivity index (χ0n) is 11.8. The highest BCUT2D eigenvalue weighted by atomic mass is 16.3. The highest BCUT2D eigenvalue weighted by Crippen LogP contribution is 2.17. The molecule has 0 bridgehead atoms. The van der Waals surface area contributed by atoms with E-state index >= 15 is 0 Å². The molecule has 0 aromatic carbocycles. The smallest absolute Gasteiger partial charge is 0.220 e. The summed E-state index contributed by atoms with van der Waals surface area (Å²) >= 11 is 0. The number of rotatable bonds is 6. The molecule has 1 fully saturated rings. The first kappa shape index (κ1) is 17.4. The molecule has 0 heterocycles. The molecule has 1 aliphatic carbocycles. The van der Waals surface area contributed by atoms with Crippen LogP contribution in [0.15, 0.2) is 0 Å². The molecule has 1 rings (SSSR count). The average molecular weight is 259 g/mol. The van der Waals surface area contributed by atoms with Crippen molar-refractivity contribution in [2.45, 2.75) is 77.4 Å². The minimum Gasteiger partial charge on any atom is -0.394 e. The van der Waals surface area contributed by atoms with Gasteiger partial charge in [-0.2, -0.15) is 0 Å². The average Bonchev–Trinajstić information content (AvgIpc) is 2.42. The molecule has 1 aliphatic rings. The van der Waals surface area contributed by atoms with Gasteiger partial charge in [-0.25, -0.2) is 0 Å². The van der Waals surface area contributed by atoms with Crippen molar-refractivity contribution in [1.82, 2.24) is 5.32 Å². The van der Waals surface area contributed by atoms with Gasteiger partial charge >= 0.3 is 0 Å². The summed E-state index contributed by atoms with van der Waals surface area (Å²) in [4.78, 5) is 11.5. The molecule has 4 heteroatoms. The molecule has 0 aromatic rings. The van der Waals surface area contributed by atoms with Crippen LogP contribution >= 0.6 is 0 Å². The lowest BCUT2D eigenvalue weighted by molar-refractivity contribution is -0.122. The van der Waals surface area contributed by atoms with Crippen LogP contribution in [-0.4, -0.2) is 34.9 Å². The Bertz CT molecular complexity index is 203. The van der Waals surface area contributed by atoms with Crippen LogP contribution in [-0.2, 0) is 4.79 Å². The predicted molar refractivity (Wildman–Crippen MR) is 73.3 cm³/mol. The molecule has 0 radical (unpaired) electrons. The van der Waals surface area contributed by atoms with E-state index in [0.717, 1.165) is 12.8 Å². The summed E-state index contributed by atoms with van der Waals surface area (Å²) < 4.78 is 0. The second-order valence-corrected chi connectivity index (χ2v) is 4.63. The third kappa shape index (κ3) is 8.48. The van der Waals surface area contributed by atoms with Gasteiger partial charge in [0, 0.05) is 12.5 Å². The van der Waals surface area contributed by atoms with Crippen molar-refractivity contribution in [2.24, 2.45) is 0 Å².